The zero-order chi connectivity index (χ0) is 14.5. The third-order valence-corrected chi connectivity index (χ3v) is 3.32. The third-order valence-electron chi connectivity index (χ3n) is 2.72. The lowest BCUT2D eigenvalue weighted by molar-refractivity contribution is -0.384. The molecule has 6 nitrogen and oxygen atoms in total. The summed E-state index contributed by atoms with van der Waals surface area (Å²) in [6, 6.07) is 7.37. The van der Waals surface area contributed by atoms with E-state index < -0.39 is 4.92 Å². The van der Waals surface area contributed by atoms with Gasteiger partial charge in [-0.3, -0.25) is 15.1 Å². The van der Waals surface area contributed by atoms with Gasteiger partial charge in [-0.05, 0) is 27.1 Å². The van der Waals surface area contributed by atoms with Gasteiger partial charge in [0.1, 0.15) is 11.9 Å². The molecule has 0 aliphatic carbocycles. The van der Waals surface area contributed by atoms with Crippen molar-refractivity contribution < 1.29 is 10.0 Å². The van der Waals surface area contributed by atoms with Gasteiger partial charge in [0.15, 0.2) is 0 Å². The van der Waals surface area contributed by atoms with Gasteiger partial charge < -0.3 is 10.4 Å². The van der Waals surface area contributed by atoms with Crippen LogP contribution in [-0.2, 0) is 13.2 Å². The smallest absolute Gasteiger partial charge is 0.311 e. The molecule has 2 aromatic rings. The van der Waals surface area contributed by atoms with E-state index in [1.54, 1.807) is 0 Å². The van der Waals surface area contributed by atoms with Gasteiger partial charge in [0.25, 0.3) is 0 Å². The Morgan fingerprint density at radius 2 is 2.10 bits per heavy atom. The summed E-state index contributed by atoms with van der Waals surface area (Å²) in [5.41, 5.74) is 2.03. The van der Waals surface area contributed by atoms with Crippen molar-refractivity contribution in [3.63, 3.8) is 0 Å². The fraction of sp³-hybridized carbons (Fsp3) is 0.154. The molecule has 0 saturated heterocycles. The average Bonchev–Trinajstić information content (AvgIpc) is 2.45. The van der Waals surface area contributed by atoms with Gasteiger partial charge in [0, 0.05) is 12.7 Å². The van der Waals surface area contributed by atoms with Crippen LogP contribution in [0.15, 0.2) is 41.1 Å². The topological polar surface area (TPSA) is 88.3 Å². The minimum atomic E-state index is -0.482. The van der Waals surface area contributed by atoms with E-state index in [2.05, 4.69) is 26.2 Å². The molecular formula is C13H12BrN3O3. The van der Waals surface area contributed by atoms with Crippen molar-refractivity contribution in [3.05, 3.63) is 62.4 Å². The molecule has 2 N–H and O–H groups in total. The molecule has 2 rings (SSSR count). The summed E-state index contributed by atoms with van der Waals surface area (Å²) < 4.78 is 0.532. The SMILES string of the molecule is O=[N+]([O-])c1cncc(Br)c1NCc1cccc(CO)c1. The highest BCUT2D eigenvalue weighted by atomic mass is 79.9. The van der Waals surface area contributed by atoms with Crippen molar-refractivity contribution in [3.8, 4) is 0 Å². The number of hydrogen-bond acceptors (Lipinski definition) is 5. The Kier molecular flexibility index (Phi) is 4.65. The lowest BCUT2D eigenvalue weighted by Crippen LogP contribution is -2.04. The summed E-state index contributed by atoms with van der Waals surface area (Å²) in [6.07, 6.45) is 2.71. The Labute approximate surface area is 123 Å². The lowest BCUT2D eigenvalue weighted by atomic mass is 10.1. The Balaban J connectivity index is 2.20. The molecule has 0 fully saturated rings. The first-order valence-corrected chi connectivity index (χ1v) is 6.61. The molecule has 104 valence electrons. The van der Waals surface area contributed by atoms with Crippen LogP contribution in [0.1, 0.15) is 11.1 Å². The van der Waals surface area contributed by atoms with E-state index >= 15 is 0 Å². The number of nitro groups is 1. The number of halogens is 1. The van der Waals surface area contributed by atoms with Crippen molar-refractivity contribution in [2.24, 2.45) is 0 Å². The predicted molar refractivity (Wildman–Crippen MR) is 78.3 cm³/mol. The number of aliphatic hydroxyl groups is 1. The first-order valence-electron chi connectivity index (χ1n) is 5.82. The first kappa shape index (κ1) is 14.4. The van der Waals surface area contributed by atoms with Crippen LogP contribution in [0.4, 0.5) is 11.4 Å². The van der Waals surface area contributed by atoms with Crippen LogP contribution in [0.5, 0.6) is 0 Å². The summed E-state index contributed by atoms with van der Waals surface area (Å²) in [6.45, 7) is 0.379. The van der Waals surface area contributed by atoms with Gasteiger partial charge >= 0.3 is 5.69 Å². The molecule has 0 aliphatic rings. The summed E-state index contributed by atoms with van der Waals surface area (Å²) in [5.74, 6) is 0. The van der Waals surface area contributed by atoms with Crippen molar-refractivity contribution in [1.82, 2.24) is 4.98 Å². The fourth-order valence-corrected chi connectivity index (χ4v) is 2.23. The first-order chi connectivity index (χ1) is 9.61. The molecule has 7 heteroatoms. The van der Waals surface area contributed by atoms with Gasteiger partial charge in [-0.1, -0.05) is 24.3 Å². The molecule has 1 aromatic heterocycles. The second-order valence-electron chi connectivity index (χ2n) is 4.10. The summed E-state index contributed by atoms with van der Waals surface area (Å²) in [4.78, 5) is 14.3. The maximum Gasteiger partial charge on any atom is 0.311 e. The monoisotopic (exact) mass is 337 g/mol. The molecule has 1 aromatic carbocycles. The van der Waals surface area contributed by atoms with Crippen LogP contribution < -0.4 is 5.32 Å². The summed E-state index contributed by atoms with van der Waals surface area (Å²) >= 11 is 3.25. The molecule has 0 saturated carbocycles. The van der Waals surface area contributed by atoms with E-state index in [0.29, 0.717) is 16.7 Å². The summed E-state index contributed by atoms with van der Waals surface area (Å²) in [7, 11) is 0. The number of aromatic nitrogens is 1. The van der Waals surface area contributed by atoms with Gasteiger partial charge in [-0.25, -0.2) is 0 Å². The van der Waals surface area contributed by atoms with Crippen molar-refractivity contribution >= 4 is 27.3 Å². The zero-order valence-electron chi connectivity index (χ0n) is 10.4. The van der Waals surface area contributed by atoms with Crippen LogP contribution in [0.3, 0.4) is 0 Å². The molecule has 0 unspecified atom stereocenters. The minimum Gasteiger partial charge on any atom is -0.392 e. The van der Waals surface area contributed by atoms with Crippen molar-refractivity contribution in [2.75, 3.05) is 5.32 Å². The Morgan fingerprint density at radius 3 is 2.80 bits per heavy atom. The molecule has 0 spiro atoms. The normalized spacial score (nSPS) is 10.3. The number of nitrogens with zero attached hydrogens (tertiary/aromatic N) is 2. The molecular weight excluding hydrogens is 326 g/mol. The second-order valence-corrected chi connectivity index (χ2v) is 4.96. The van der Waals surface area contributed by atoms with Gasteiger partial charge in [-0.2, -0.15) is 0 Å². The number of benzene rings is 1. The largest absolute Gasteiger partial charge is 0.392 e. The number of hydrogen-bond donors (Lipinski definition) is 2. The highest BCUT2D eigenvalue weighted by molar-refractivity contribution is 9.10. The number of pyridine rings is 1. The molecule has 0 atom stereocenters. The van der Waals surface area contributed by atoms with Gasteiger partial charge in [0.05, 0.1) is 16.0 Å². The van der Waals surface area contributed by atoms with Crippen molar-refractivity contribution in [2.45, 2.75) is 13.2 Å². The standard InChI is InChI=1S/C13H12BrN3O3/c14-11-6-15-7-12(17(19)20)13(11)16-5-9-2-1-3-10(4-9)8-18/h1-4,6-7,18H,5,8H2,(H,15,16). The van der Waals surface area contributed by atoms with Crippen LogP contribution in [0.2, 0.25) is 0 Å². The van der Waals surface area contributed by atoms with Gasteiger partial charge in [0.2, 0.25) is 0 Å². The fourth-order valence-electron chi connectivity index (χ4n) is 1.77. The molecule has 20 heavy (non-hydrogen) atoms. The maximum absolute atomic E-state index is 11.0. The minimum absolute atomic E-state index is 0.0348. The third kappa shape index (κ3) is 3.31. The average molecular weight is 338 g/mol. The Hall–Kier alpha value is -1.99. The van der Waals surface area contributed by atoms with E-state index in [1.165, 1.54) is 12.4 Å². The molecule has 0 amide bonds. The summed E-state index contributed by atoms with van der Waals surface area (Å²) in [5, 5.41) is 23.1. The molecule has 0 aliphatic heterocycles. The van der Waals surface area contributed by atoms with E-state index in [4.69, 9.17) is 5.11 Å². The predicted octanol–water partition coefficient (Wildman–Crippen LogP) is 2.86. The maximum atomic E-state index is 11.0. The van der Waals surface area contributed by atoms with Crippen LogP contribution >= 0.6 is 15.9 Å². The molecule has 0 radical (unpaired) electrons. The Morgan fingerprint density at radius 1 is 1.35 bits per heavy atom. The van der Waals surface area contributed by atoms with E-state index in [0.717, 1.165) is 11.1 Å². The highest BCUT2D eigenvalue weighted by Crippen LogP contribution is 2.31. The zero-order valence-corrected chi connectivity index (χ0v) is 12.0. The van der Waals surface area contributed by atoms with Crippen LogP contribution in [-0.4, -0.2) is 15.0 Å². The number of aliphatic hydroxyl groups excluding tert-OH is 1. The number of nitrogens with one attached hydrogen (secondary N) is 1. The van der Waals surface area contributed by atoms with Gasteiger partial charge in [-0.15, -0.1) is 0 Å². The van der Waals surface area contributed by atoms with E-state index in [-0.39, 0.29) is 12.3 Å². The van der Waals surface area contributed by atoms with E-state index in [1.807, 2.05) is 24.3 Å². The highest BCUT2D eigenvalue weighted by Gasteiger charge is 2.16. The Bertz CT molecular complexity index is 634. The number of rotatable bonds is 5. The van der Waals surface area contributed by atoms with Crippen molar-refractivity contribution in [1.29, 1.82) is 0 Å². The second kappa shape index (κ2) is 6.44. The molecule has 0 bridgehead atoms. The molecule has 1 heterocycles. The number of anilines is 1. The lowest BCUT2D eigenvalue weighted by Gasteiger charge is -2.09. The van der Waals surface area contributed by atoms with Crippen LogP contribution in [0.25, 0.3) is 0 Å². The van der Waals surface area contributed by atoms with Crippen LogP contribution in [0, 0.1) is 10.1 Å². The van der Waals surface area contributed by atoms with E-state index in [9.17, 15) is 10.1 Å². The quantitative estimate of drug-likeness (QED) is 0.646.